The number of aryl methyl sites for hydroxylation is 1. The van der Waals surface area contributed by atoms with Gasteiger partial charge in [-0.05, 0) is 43.5 Å². The minimum Gasteiger partial charge on any atom is -0.352 e. The number of sulfonamides is 1. The molecule has 0 aliphatic carbocycles. The molecule has 1 fully saturated rings. The van der Waals surface area contributed by atoms with Crippen molar-refractivity contribution >= 4 is 27.0 Å². The maximum Gasteiger partial charge on any atom is 0.243 e. The van der Waals surface area contributed by atoms with Crippen LogP contribution in [-0.2, 0) is 21.4 Å². The van der Waals surface area contributed by atoms with Crippen LogP contribution in [0.4, 0.5) is 0 Å². The van der Waals surface area contributed by atoms with E-state index in [0.717, 1.165) is 11.1 Å². The number of carbonyl (C=O) groups excluding carboxylic acids is 1. The Balaban J connectivity index is 1.23. The van der Waals surface area contributed by atoms with Crippen LogP contribution in [0.5, 0.6) is 0 Å². The van der Waals surface area contributed by atoms with Gasteiger partial charge < -0.3 is 10.3 Å². The van der Waals surface area contributed by atoms with E-state index < -0.39 is 10.0 Å². The van der Waals surface area contributed by atoms with Crippen molar-refractivity contribution in [3.8, 4) is 11.4 Å². The van der Waals surface area contributed by atoms with Crippen LogP contribution >= 0.6 is 0 Å². The van der Waals surface area contributed by atoms with Crippen molar-refractivity contribution in [2.45, 2.75) is 31.2 Å². The smallest absolute Gasteiger partial charge is 0.243 e. The summed E-state index contributed by atoms with van der Waals surface area (Å²) in [7, 11) is -3.66. The van der Waals surface area contributed by atoms with Crippen molar-refractivity contribution in [2.24, 2.45) is 5.92 Å². The van der Waals surface area contributed by atoms with Gasteiger partial charge >= 0.3 is 0 Å². The molecule has 1 saturated heterocycles. The molecule has 0 bridgehead atoms. The lowest BCUT2D eigenvalue weighted by molar-refractivity contribution is -0.126. The summed E-state index contributed by atoms with van der Waals surface area (Å²) in [6.07, 6.45) is 1.01. The summed E-state index contributed by atoms with van der Waals surface area (Å²) in [6, 6.07) is 22.8. The Morgan fingerprint density at radius 1 is 1.03 bits per heavy atom. The summed E-state index contributed by atoms with van der Waals surface area (Å²) in [5.41, 5.74) is 4.56. The minimum atomic E-state index is -3.66. The monoisotopic (exact) mass is 488 g/mol. The van der Waals surface area contributed by atoms with Crippen LogP contribution in [0.25, 0.3) is 22.4 Å². The van der Waals surface area contributed by atoms with E-state index in [0.29, 0.717) is 49.3 Å². The highest BCUT2D eigenvalue weighted by molar-refractivity contribution is 7.89. The molecule has 2 heterocycles. The molecule has 7 nitrogen and oxygen atoms in total. The molecule has 1 amide bonds. The van der Waals surface area contributed by atoms with E-state index in [1.54, 1.807) is 18.2 Å². The molecule has 180 valence electrons. The average molecular weight is 489 g/mol. The molecule has 1 aliphatic heterocycles. The van der Waals surface area contributed by atoms with Gasteiger partial charge in [-0.2, -0.15) is 4.31 Å². The summed E-state index contributed by atoms with van der Waals surface area (Å²) < 4.78 is 28.1. The first kappa shape index (κ1) is 23.3. The Bertz CT molecular complexity index is 1440. The van der Waals surface area contributed by atoms with E-state index in [1.165, 1.54) is 9.87 Å². The second-order valence-electron chi connectivity index (χ2n) is 9.01. The number of fused-ring (bicyclic) bond motifs is 1. The van der Waals surface area contributed by atoms with Gasteiger partial charge in [0.15, 0.2) is 0 Å². The largest absolute Gasteiger partial charge is 0.352 e. The second kappa shape index (κ2) is 9.64. The van der Waals surface area contributed by atoms with Gasteiger partial charge in [0.2, 0.25) is 15.9 Å². The molecule has 0 atom stereocenters. The van der Waals surface area contributed by atoms with Crippen LogP contribution in [0.3, 0.4) is 0 Å². The number of H-pyrrole nitrogens is 1. The number of aromatic nitrogens is 2. The molecule has 0 radical (unpaired) electrons. The predicted octanol–water partition coefficient (Wildman–Crippen LogP) is 4.26. The van der Waals surface area contributed by atoms with E-state index >= 15 is 0 Å². The number of imidazole rings is 1. The van der Waals surface area contributed by atoms with E-state index in [4.69, 9.17) is 0 Å². The highest BCUT2D eigenvalue weighted by atomic mass is 32.2. The van der Waals surface area contributed by atoms with Crippen LogP contribution in [-0.4, -0.2) is 41.7 Å². The summed E-state index contributed by atoms with van der Waals surface area (Å²) >= 11 is 0. The Morgan fingerprint density at radius 3 is 2.46 bits per heavy atom. The van der Waals surface area contributed by atoms with Gasteiger partial charge in [0, 0.05) is 31.1 Å². The minimum absolute atomic E-state index is 0.0186. The fourth-order valence-corrected chi connectivity index (χ4v) is 5.93. The Morgan fingerprint density at radius 2 is 1.74 bits per heavy atom. The van der Waals surface area contributed by atoms with Gasteiger partial charge in [-0.3, -0.25) is 4.79 Å². The molecule has 1 aliphatic rings. The molecular formula is C27H28N4O3S. The van der Waals surface area contributed by atoms with Crippen molar-refractivity contribution in [1.82, 2.24) is 19.6 Å². The topological polar surface area (TPSA) is 95.2 Å². The molecule has 8 heteroatoms. The summed E-state index contributed by atoms with van der Waals surface area (Å²) in [6.45, 7) is 3.15. The Labute approximate surface area is 205 Å². The lowest BCUT2D eigenvalue weighted by Gasteiger charge is -2.30. The predicted molar refractivity (Wildman–Crippen MR) is 136 cm³/mol. The first-order chi connectivity index (χ1) is 16.9. The SMILES string of the molecule is Cc1ccc(CNC(=O)C2CCN(S(=O)(=O)c3ccc4nc(-c5ccccc5)[nH]c4c3)CC2)cc1. The van der Waals surface area contributed by atoms with Gasteiger partial charge in [-0.1, -0.05) is 60.2 Å². The van der Waals surface area contributed by atoms with Crippen LogP contribution in [0.1, 0.15) is 24.0 Å². The third-order valence-corrected chi connectivity index (χ3v) is 8.45. The summed E-state index contributed by atoms with van der Waals surface area (Å²) in [4.78, 5) is 20.7. The van der Waals surface area contributed by atoms with Gasteiger partial charge in [-0.25, -0.2) is 13.4 Å². The summed E-state index contributed by atoms with van der Waals surface area (Å²) in [5.74, 6) is 0.498. The molecule has 0 unspecified atom stereocenters. The summed E-state index contributed by atoms with van der Waals surface area (Å²) in [5, 5.41) is 2.99. The maximum atomic E-state index is 13.3. The van der Waals surface area contributed by atoms with Gasteiger partial charge in [0.25, 0.3) is 0 Å². The number of piperidine rings is 1. The molecule has 4 aromatic rings. The third-order valence-electron chi connectivity index (χ3n) is 6.55. The Kier molecular flexibility index (Phi) is 6.40. The fraction of sp³-hybridized carbons (Fsp3) is 0.259. The number of rotatable bonds is 6. The van der Waals surface area contributed by atoms with Crippen molar-refractivity contribution in [2.75, 3.05) is 13.1 Å². The normalized spacial score (nSPS) is 15.3. The highest BCUT2D eigenvalue weighted by Gasteiger charge is 2.32. The van der Waals surface area contributed by atoms with Crippen molar-refractivity contribution in [3.05, 3.63) is 83.9 Å². The Hall–Kier alpha value is -3.49. The van der Waals surface area contributed by atoms with Crippen molar-refractivity contribution in [3.63, 3.8) is 0 Å². The molecule has 2 N–H and O–H groups in total. The second-order valence-corrected chi connectivity index (χ2v) is 11.0. The van der Waals surface area contributed by atoms with Crippen LogP contribution in [0.2, 0.25) is 0 Å². The van der Waals surface area contributed by atoms with Crippen LogP contribution in [0, 0.1) is 12.8 Å². The number of nitrogens with one attached hydrogen (secondary N) is 2. The number of carbonyl (C=O) groups is 1. The zero-order valence-corrected chi connectivity index (χ0v) is 20.4. The number of nitrogens with zero attached hydrogens (tertiary/aromatic N) is 2. The molecule has 5 rings (SSSR count). The lowest BCUT2D eigenvalue weighted by atomic mass is 9.97. The van der Waals surface area contributed by atoms with Gasteiger partial charge in [-0.15, -0.1) is 0 Å². The number of benzene rings is 3. The molecule has 35 heavy (non-hydrogen) atoms. The third kappa shape index (κ3) is 4.99. The van der Waals surface area contributed by atoms with E-state index in [2.05, 4.69) is 15.3 Å². The fourth-order valence-electron chi connectivity index (χ4n) is 4.43. The highest BCUT2D eigenvalue weighted by Crippen LogP contribution is 2.27. The zero-order chi connectivity index (χ0) is 24.4. The number of aromatic amines is 1. The average Bonchev–Trinajstić information content (AvgIpc) is 3.32. The number of hydrogen-bond donors (Lipinski definition) is 2. The van der Waals surface area contributed by atoms with E-state index in [1.807, 2.05) is 61.5 Å². The van der Waals surface area contributed by atoms with Gasteiger partial charge in [0.1, 0.15) is 5.82 Å². The lowest BCUT2D eigenvalue weighted by Crippen LogP contribution is -2.42. The number of hydrogen-bond acceptors (Lipinski definition) is 4. The molecular weight excluding hydrogens is 460 g/mol. The maximum absolute atomic E-state index is 13.3. The quantitative estimate of drug-likeness (QED) is 0.424. The first-order valence-electron chi connectivity index (χ1n) is 11.8. The van der Waals surface area contributed by atoms with E-state index in [-0.39, 0.29) is 16.7 Å². The van der Waals surface area contributed by atoms with Gasteiger partial charge in [0.05, 0.1) is 15.9 Å². The first-order valence-corrected chi connectivity index (χ1v) is 13.2. The van der Waals surface area contributed by atoms with E-state index in [9.17, 15) is 13.2 Å². The van der Waals surface area contributed by atoms with Crippen LogP contribution < -0.4 is 5.32 Å². The molecule has 0 spiro atoms. The molecule has 3 aromatic carbocycles. The zero-order valence-electron chi connectivity index (χ0n) is 19.6. The molecule has 0 saturated carbocycles. The molecule has 1 aromatic heterocycles. The number of amides is 1. The van der Waals surface area contributed by atoms with Crippen molar-refractivity contribution < 1.29 is 13.2 Å². The standard InChI is InChI=1S/C27H28N4O3S/c1-19-7-9-20(10-8-19)18-28-27(32)22-13-15-31(16-14-22)35(33,34)23-11-12-24-25(17-23)30-26(29-24)21-5-3-2-4-6-21/h2-12,17,22H,13-16,18H2,1H3,(H,28,32)(H,29,30). The van der Waals surface area contributed by atoms with Crippen LogP contribution in [0.15, 0.2) is 77.7 Å². The van der Waals surface area contributed by atoms with Crippen molar-refractivity contribution in [1.29, 1.82) is 0 Å².